The highest BCUT2D eigenvalue weighted by atomic mass is 32.2. The van der Waals surface area contributed by atoms with Crippen LogP contribution in [0.15, 0.2) is 82.6 Å². The molecule has 0 radical (unpaired) electrons. The van der Waals surface area contributed by atoms with Crippen LogP contribution in [-0.2, 0) is 21.3 Å². The third kappa shape index (κ3) is 5.18. The minimum Gasteiger partial charge on any atom is -0.379 e. The molecule has 7 nitrogen and oxygen atoms in total. The van der Waals surface area contributed by atoms with Crippen molar-refractivity contribution in [3.05, 3.63) is 83.9 Å². The van der Waals surface area contributed by atoms with Crippen molar-refractivity contribution in [2.45, 2.75) is 16.3 Å². The zero-order valence-electron chi connectivity index (χ0n) is 19.7. The van der Waals surface area contributed by atoms with Crippen LogP contribution in [0.2, 0.25) is 0 Å². The van der Waals surface area contributed by atoms with Crippen molar-refractivity contribution in [2.24, 2.45) is 0 Å². The Bertz CT molecular complexity index is 1470. The number of thiazole rings is 1. The third-order valence-corrected chi connectivity index (χ3v) is 9.63. The highest BCUT2D eigenvalue weighted by Crippen LogP contribution is 2.33. The maximum absolute atomic E-state index is 13.7. The van der Waals surface area contributed by atoms with Gasteiger partial charge in [-0.1, -0.05) is 41.7 Å². The molecule has 1 fully saturated rings. The number of anilines is 1. The molecule has 0 spiro atoms. The molecule has 2 heterocycles. The molecule has 0 saturated carbocycles. The van der Waals surface area contributed by atoms with E-state index in [1.807, 2.05) is 48.7 Å². The summed E-state index contributed by atoms with van der Waals surface area (Å²) < 4.78 is 33.7. The number of thioether (sulfide) groups is 1. The Hall–Kier alpha value is -2.76. The second-order valence-corrected chi connectivity index (χ2v) is 12.1. The van der Waals surface area contributed by atoms with Crippen LogP contribution < -0.4 is 4.90 Å². The van der Waals surface area contributed by atoms with Crippen LogP contribution >= 0.6 is 23.1 Å². The number of hydrogen-bond acceptors (Lipinski definition) is 7. The number of rotatable bonds is 7. The van der Waals surface area contributed by atoms with Crippen molar-refractivity contribution in [3.8, 4) is 0 Å². The maximum Gasteiger partial charge on any atom is 0.260 e. The Morgan fingerprint density at radius 3 is 2.47 bits per heavy atom. The van der Waals surface area contributed by atoms with Crippen LogP contribution in [0.5, 0.6) is 0 Å². The smallest absolute Gasteiger partial charge is 0.260 e. The summed E-state index contributed by atoms with van der Waals surface area (Å²) in [7, 11) is -3.63. The van der Waals surface area contributed by atoms with E-state index in [2.05, 4.69) is 6.07 Å². The molecule has 0 N–H and O–H groups in total. The summed E-state index contributed by atoms with van der Waals surface area (Å²) in [6.07, 6.45) is 2.03. The molecule has 10 heteroatoms. The minimum atomic E-state index is -3.63. The van der Waals surface area contributed by atoms with Crippen LogP contribution in [0.3, 0.4) is 0 Å². The van der Waals surface area contributed by atoms with E-state index in [0.717, 1.165) is 20.7 Å². The Morgan fingerprint density at radius 1 is 1.06 bits per heavy atom. The first-order valence-electron chi connectivity index (χ1n) is 11.4. The second-order valence-electron chi connectivity index (χ2n) is 8.25. The van der Waals surface area contributed by atoms with Crippen LogP contribution in [0.1, 0.15) is 15.9 Å². The first-order chi connectivity index (χ1) is 17.5. The number of hydrogen-bond donors (Lipinski definition) is 0. The van der Waals surface area contributed by atoms with Gasteiger partial charge < -0.3 is 4.74 Å². The van der Waals surface area contributed by atoms with Gasteiger partial charge in [-0.3, -0.25) is 9.69 Å². The fourth-order valence-electron chi connectivity index (χ4n) is 3.99. The van der Waals surface area contributed by atoms with Gasteiger partial charge in [-0.05, 0) is 54.3 Å². The number of amides is 1. The fourth-order valence-corrected chi connectivity index (χ4v) is 6.91. The van der Waals surface area contributed by atoms with Crippen molar-refractivity contribution >= 4 is 54.4 Å². The van der Waals surface area contributed by atoms with E-state index < -0.39 is 10.0 Å². The Kier molecular flexibility index (Phi) is 7.40. The van der Waals surface area contributed by atoms with Gasteiger partial charge in [0.25, 0.3) is 5.91 Å². The number of nitrogens with zero attached hydrogens (tertiary/aromatic N) is 3. The Balaban J connectivity index is 1.47. The Labute approximate surface area is 218 Å². The van der Waals surface area contributed by atoms with Crippen LogP contribution in [0.4, 0.5) is 5.13 Å². The zero-order valence-corrected chi connectivity index (χ0v) is 22.1. The monoisotopic (exact) mass is 539 g/mol. The molecular formula is C26H25N3O4S3. The summed E-state index contributed by atoms with van der Waals surface area (Å²) in [5.41, 5.74) is 2.21. The molecular weight excluding hydrogens is 515 g/mol. The molecule has 5 rings (SSSR count). The van der Waals surface area contributed by atoms with Gasteiger partial charge in [0.15, 0.2) is 5.13 Å². The van der Waals surface area contributed by atoms with Gasteiger partial charge >= 0.3 is 0 Å². The third-order valence-electron chi connectivity index (χ3n) is 5.95. The maximum atomic E-state index is 13.7. The summed E-state index contributed by atoms with van der Waals surface area (Å²) in [5, 5.41) is 0.599. The number of morpholine rings is 1. The van der Waals surface area contributed by atoms with Crippen molar-refractivity contribution in [1.29, 1.82) is 0 Å². The van der Waals surface area contributed by atoms with E-state index >= 15 is 0 Å². The van der Waals surface area contributed by atoms with Crippen molar-refractivity contribution in [2.75, 3.05) is 37.5 Å². The second kappa shape index (κ2) is 10.7. The number of sulfonamides is 1. The predicted molar refractivity (Wildman–Crippen MR) is 144 cm³/mol. The summed E-state index contributed by atoms with van der Waals surface area (Å²) in [4.78, 5) is 21.4. The van der Waals surface area contributed by atoms with Gasteiger partial charge in [-0.2, -0.15) is 4.31 Å². The minimum absolute atomic E-state index is 0.167. The standard InChI is InChI=1S/C26H25N3O4S3/c1-34-21-9-12-23-24(17-21)35-26(27-23)29(18-19-5-3-2-4-6-19)25(30)20-7-10-22(11-8-20)36(31,32)28-13-15-33-16-14-28/h2-12,17H,13-16,18H2,1H3. The first-order valence-corrected chi connectivity index (χ1v) is 14.9. The molecule has 0 bridgehead atoms. The van der Waals surface area contributed by atoms with E-state index in [1.165, 1.54) is 27.8 Å². The van der Waals surface area contributed by atoms with Crippen molar-refractivity contribution in [3.63, 3.8) is 0 Å². The molecule has 0 aliphatic carbocycles. The largest absolute Gasteiger partial charge is 0.379 e. The fraction of sp³-hybridized carbons (Fsp3) is 0.231. The van der Waals surface area contributed by atoms with Gasteiger partial charge in [0.1, 0.15) is 0 Å². The summed E-state index contributed by atoms with van der Waals surface area (Å²) in [6, 6.07) is 22.0. The molecule has 1 aliphatic rings. The van der Waals surface area contributed by atoms with E-state index in [1.54, 1.807) is 28.8 Å². The summed E-state index contributed by atoms with van der Waals surface area (Å²) in [6.45, 7) is 1.76. The normalized spacial score (nSPS) is 14.7. The van der Waals surface area contributed by atoms with E-state index in [4.69, 9.17) is 9.72 Å². The number of carbonyl (C=O) groups is 1. The lowest BCUT2D eigenvalue weighted by Crippen LogP contribution is -2.40. The number of fused-ring (bicyclic) bond motifs is 1. The molecule has 1 aliphatic heterocycles. The molecule has 1 saturated heterocycles. The molecule has 1 aromatic heterocycles. The van der Waals surface area contributed by atoms with E-state index in [9.17, 15) is 13.2 Å². The zero-order chi connectivity index (χ0) is 25.1. The SMILES string of the molecule is CSc1ccc2nc(N(Cc3ccccc3)C(=O)c3ccc(S(=O)(=O)N4CCOCC4)cc3)sc2c1. The molecule has 3 aromatic carbocycles. The lowest BCUT2D eigenvalue weighted by atomic mass is 10.1. The lowest BCUT2D eigenvalue weighted by molar-refractivity contribution is 0.0730. The molecule has 0 unspecified atom stereocenters. The van der Waals surface area contributed by atoms with Gasteiger partial charge in [0.05, 0.1) is 34.9 Å². The highest BCUT2D eigenvalue weighted by molar-refractivity contribution is 7.98. The quantitative estimate of drug-likeness (QED) is 0.311. The van der Waals surface area contributed by atoms with Gasteiger partial charge in [0.2, 0.25) is 10.0 Å². The topological polar surface area (TPSA) is 79.8 Å². The lowest BCUT2D eigenvalue weighted by Gasteiger charge is -2.26. The summed E-state index contributed by atoms with van der Waals surface area (Å²) >= 11 is 3.13. The van der Waals surface area contributed by atoms with Crippen LogP contribution in [-0.4, -0.2) is 56.2 Å². The average Bonchev–Trinajstić information content (AvgIpc) is 3.35. The van der Waals surface area contributed by atoms with E-state index in [0.29, 0.717) is 43.5 Å². The average molecular weight is 540 g/mol. The number of ether oxygens (including phenoxy) is 1. The van der Waals surface area contributed by atoms with Gasteiger partial charge in [0, 0.05) is 23.5 Å². The Morgan fingerprint density at radius 2 is 1.78 bits per heavy atom. The predicted octanol–water partition coefficient (Wildman–Crippen LogP) is 4.89. The van der Waals surface area contributed by atoms with Gasteiger partial charge in [-0.15, -0.1) is 11.8 Å². The van der Waals surface area contributed by atoms with Crippen molar-refractivity contribution in [1.82, 2.24) is 9.29 Å². The van der Waals surface area contributed by atoms with Crippen molar-refractivity contribution < 1.29 is 17.9 Å². The number of benzene rings is 3. The van der Waals surface area contributed by atoms with Crippen LogP contribution in [0, 0.1) is 0 Å². The molecule has 0 atom stereocenters. The molecule has 4 aromatic rings. The van der Waals surface area contributed by atoms with Crippen LogP contribution in [0.25, 0.3) is 10.2 Å². The summed E-state index contributed by atoms with van der Waals surface area (Å²) in [5.74, 6) is -0.238. The number of carbonyl (C=O) groups excluding carboxylic acids is 1. The van der Waals surface area contributed by atoms with E-state index in [-0.39, 0.29) is 10.8 Å². The first kappa shape index (κ1) is 24.9. The van der Waals surface area contributed by atoms with Gasteiger partial charge in [-0.25, -0.2) is 13.4 Å². The molecule has 36 heavy (non-hydrogen) atoms. The molecule has 1 amide bonds. The highest BCUT2D eigenvalue weighted by Gasteiger charge is 2.27. The molecule has 186 valence electrons. The number of aromatic nitrogens is 1.